The summed E-state index contributed by atoms with van der Waals surface area (Å²) < 4.78 is 19.8. The molecule has 0 spiro atoms. The quantitative estimate of drug-likeness (QED) is 0.0589. The van der Waals surface area contributed by atoms with E-state index in [4.69, 9.17) is 18.9 Å². The zero-order chi connectivity index (χ0) is 34.0. The standard InChI is InChI=1S/C26H45N5O14/c1-20(32)44-13-11-42-9-3-27-22(34)15-30(18-25(38)39)7-5-29(17-24(36)37)6-8-31(19-26(40)41)16-23(35)28-4-10-43-12-14-45-21(2)33/h3-19H2,1-2H3,(H,27,34)(H,28,35)(H,36,37)(H,38,39)(H,40,41)/p-3. The molecule has 45 heavy (non-hydrogen) atoms. The number of rotatable bonds is 28. The summed E-state index contributed by atoms with van der Waals surface area (Å²) in [5, 5.41) is 38.8. The monoisotopic (exact) mass is 648 g/mol. The number of amides is 2. The SMILES string of the molecule is CC(=O)OCCOCCNC(=O)CN(CCN(CCN(CC(=O)[O-])CC(=O)NCCOCCOC(C)=O)CC(=O)[O-])CC(=O)[O-]. The lowest BCUT2D eigenvalue weighted by Gasteiger charge is -2.30. The highest BCUT2D eigenvalue weighted by atomic mass is 16.6. The van der Waals surface area contributed by atoms with Crippen molar-refractivity contribution in [1.82, 2.24) is 25.3 Å². The zero-order valence-electron chi connectivity index (χ0n) is 25.6. The molecular weight excluding hydrogens is 606 g/mol. The van der Waals surface area contributed by atoms with E-state index in [9.17, 15) is 48.9 Å². The summed E-state index contributed by atoms with van der Waals surface area (Å²) in [6.45, 7) is 0.462. The third-order valence-corrected chi connectivity index (χ3v) is 5.46. The predicted octanol–water partition coefficient (Wildman–Crippen LogP) is -7.47. The molecule has 19 nitrogen and oxygen atoms in total. The number of carboxylic acid groups (broad SMARTS) is 3. The molecular formula is C26H42N5O14-3. The maximum absolute atomic E-state index is 12.3. The molecule has 2 N–H and O–H groups in total. The second kappa shape index (κ2) is 25.4. The third-order valence-electron chi connectivity index (χ3n) is 5.46. The van der Waals surface area contributed by atoms with Gasteiger partial charge in [-0.2, -0.15) is 0 Å². The molecule has 0 heterocycles. The average Bonchev–Trinajstić information content (AvgIpc) is 2.92. The van der Waals surface area contributed by atoms with Gasteiger partial charge in [-0.25, -0.2) is 0 Å². The van der Waals surface area contributed by atoms with Gasteiger partial charge in [-0.05, 0) is 0 Å². The first-order chi connectivity index (χ1) is 21.3. The van der Waals surface area contributed by atoms with Gasteiger partial charge in [0.2, 0.25) is 11.8 Å². The Bertz CT molecular complexity index is 885. The molecule has 0 rings (SSSR count). The summed E-state index contributed by atoms with van der Waals surface area (Å²) >= 11 is 0. The summed E-state index contributed by atoms with van der Waals surface area (Å²) in [6, 6.07) is 0. The van der Waals surface area contributed by atoms with E-state index in [-0.39, 0.29) is 92.0 Å². The minimum absolute atomic E-state index is 0.0517. The van der Waals surface area contributed by atoms with E-state index < -0.39 is 61.3 Å². The molecule has 0 aromatic rings. The molecule has 0 aliphatic carbocycles. The van der Waals surface area contributed by atoms with Crippen molar-refractivity contribution in [2.75, 3.05) is 112 Å². The van der Waals surface area contributed by atoms with Crippen LogP contribution in [-0.4, -0.2) is 168 Å². The molecule has 0 radical (unpaired) electrons. The molecule has 0 saturated heterocycles. The number of carbonyl (C=O) groups is 7. The number of nitrogens with one attached hydrogen (secondary N) is 2. The van der Waals surface area contributed by atoms with Crippen LogP contribution in [0.5, 0.6) is 0 Å². The number of hydrogen-bond donors (Lipinski definition) is 2. The van der Waals surface area contributed by atoms with Gasteiger partial charge in [0.15, 0.2) is 0 Å². The van der Waals surface area contributed by atoms with E-state index >= 15 is 0 Å². The first-order valence-corrected chi connectivity index (χ1v) is 14.0. The Morgan fingerprint density at radius 3 is 1.16 bits per heavy atom. The van der Waals surface area contributed by atoms with E-state index in [1.807, 2.05) is 0 Å². The van der Waals surface area contributed by atoms with Gasteiger partial charge in [-0.3, -0.25) is 33.9 Å². The van der Waals surface area contributed by atoms with Crippen molar-refractivity contribution in [2.24, 2.45) is 0 Å². The Balaban J connectivity index is 4.83. The molecule has 0 aliphatic heterocycles. The molecule has 0 saturated carbocycles. The smallest absolute Gasteiger partial charge is 0.302 e. The Labute approximate surface area is 260 Å². The van der Waals surface area contributed by atoms with E-state index in [1.165, 1.54) is 28.5 Å². The molecule has 0 aromatic heterocycles. The maximum Gasteiger partial charge on any atom is 0.302 e. The normalized spacial score (nSPS) is 11.0. The van der Waals surface area contributed by atoms with Crippen LogP contribution in [0.25, 0.3) is 0 Å². The minimum Gasteiger partial charge on any atom is -0.549 e. The number of aliphatic carboxylic acids is 3. The molecule has 19 heteroatoms. The van der Waals surface area contributed by atoms with Gasteiger partial charge in [0.25, 0.3) is 0 Å². The average molecular weight is 649 g/mol. The van der Waals surface area contributed by atoms with Crippen LogP contribution in [0, 0.1) is 0 Å². The number of nitrogens with zero attached hydrogens (tertiary/aromatic N) is 3. The maximum atomic E-state index is 12.3. The van der Waals surface area contributed by atoms with Gasteiger partial charge in [0.1, 0.15) is 13.2 Å². The van der Waals surface area contributed by atoms with Crippen molar-refractivity contribution in [3.63, 3.8) is 0 Å². The first kappa shape index (κ1) is 41.1. The van der Waals surface area contributed by atoms with Crippen molar-refractivity contribution >= 4 is 41.7 Å². The van der Waals surface area contributed by atoms with Crippen LogP contribution < -0.4 is 26.0 Å². The van der Waals surface area contributed by atoms with Gasteiger partial charge in [0, 0.05) is 72.8 Å². The Morgan fingerprint density at radius 2 is 0.822 bits per heavy atom. The fourth-order valence-corrected chi connectivity index (χ4v) is 3.55. The summed E-state index contributed by atoms with van der Waals surface area (Å²) in [6.07, 6.45) is 0. The minimum atomic E-state index is -1.47. The van der Waals surface area contributed by atoms with E-state index in [0.717, 1.165) is 0 Å². The number of hydrogen-bond acceptors (Lipinski definition) is 17. The lowest BCUT2D eigenvalue weighted by molar-refractivity contribution is -0.308. The summed E-state index contributed by atoms with van der Waals surface area (Å²) in [4.78, 5) is 83.5. The molecule has 2 amide bonds. The van der Waals surface area contributed by atoms with Crippen LogP contribution >= 0.6 is 0 Å². The summed E-state index contributed by atoms with van der Waals surface area (Å²) in [5.74, 6) is -6.37. The lowest BCUT2D eigenvalue weighted by atomic mass is 10.3. The Morgan fingerprint density at radius 1 is 0.489 bits per heavy atom. The van der Waals surface area contributed by atoms with Crippen LogP contribution in [0.15, 0.2) is 0 Å². The third kappa shape index (κ3) is 27.4. The summed E-state index contributed by atoms with van der Waals surface area (Å²) in [5.41, 5.74) is 0. The topological polar surface area (TPSA) is 259 Å². The molecule has 0 unspecified atom stereocenters. The van der Waals surface area contributed by atoms with E-state index in [0.29, 0.717) is 0 Å². The van der Waals surface area contributed by atoms with Crippen molar-refractivity contribution in [2.45, 2.75) is 13.8 Å². The van der Waals surface area contributed by atoms with Crippen molar-refractivity contribution < 1.29 is 67.8 Å². The Hall–Kier alpha value is -3.91. The van der Waals surface area contributed by atoms with Crippen LogP contribution in [0.2, 0.25) is 0 Å². The zero-order valence-corrected chi connectivity index (χ0v) is 25.6. The predicted molar refractivity (Wildman–Crippen MR) is 145 cm³/mol. The fourth-order valence-electron chi connectivity index (χ4n) is 3.55. The van der Waals surface area contributed by atoms with Crippen LogP contribution in [-0.2, 0) is 52.5 Å². The molecule has 0 aromatic carbocycles. The highest BCUT2D eigenvalue weighted by molar-refractivity contribution is 5.79. The van der Waals surface area contributed by atoms with Crippen molar-refractivity contribution in [1.29, 1.82) is 0 Å². The number of esters is 2. The largest absolute Gasteiger partial charge is 0.549 e. The van der Waals surface area contributed by atoms with Crippen LogP contribution in [0.4, 0.5) is 0 Å². The highest BCUT2D eigenvalue weighted by Gasteiger charge is 2.16. The number of ether oxygens (including phenoxy) is 4. The fraction of sp³-hybridized carbons (Fsp3) is 0.731. The van der Waals surface area contributed by atoms with Crippen LogP contribution in [0.1, 0.15) is 13.8 Å². The van der Waals surface area contributed by atoms with Crippen molar-refractivity contribution in [3.05, 3.63) is 0 Å². The van der Waals surface area contributed by atoms with Crippen molar-refractivity contribution in [3.8, 4) is 0 Å². The van der Waals surface area contributed by atoms with Gasteiger partial charge in [-0.15, -0.1) is 0 Å². The first-order valence-electron chi connectivity index (χ1n) is 14.0. The summed E-state index contributed by atoms with van der Waals surface area (Å²) in [7, 11) is 0. The van der Waals surface area contributed by atoms with Gasteiger partial charge in [0.05, 0.1) is 57.4 Å². The number of carbonyl (C=O) groups excluding carboxylic acids is 7. The second-order valence-electron chi connectivity index (χ2n) is 9.42. The molecule has 0 bridgehead atoms. The van der Waals surface area contributed by atoms with Gasteiger partial charge >= 0.3 is 11.9 Å². The highest BCUT2D eigenvalue weighted by Crippen LogP contribution is 1.97. The van der Waals surface area contributed by atoms with Gasteiger partial charge in [-0.1, -0.05) is 0 Å². The second-order valence-corrected chi connectivity index (χ2v) is 9.42. The van der Waals surface area contributed by atoms with E-state index in [2.05, 4.69) is 10.6 Å². The Kier molecular flexibility index (Phi) is 23.2. The number of carboxylic acids is 3. The van der Waals surface area contributed by atoms with E-state index in [1.54, 1.807) is 0 Å². The lowest BCUT2D eigenvalue weighted by Crippen LogP contribution is -2.50. The molecule has 258 valence electrons. The molecule has 0 aliphatic rings. The molecule has 0 fully saturated rings. The molecule has 0 atom stereocenters. The van der Waals surface area contributed by atoms with Gasteiger partial charge < -0.3 is 59.3 Å². The van der Waals surface area contributed by atoms with Crippen LogP contribution in [0.3, 0.4) is 0 Å².